The highest BCUT2D eigenvalue weighted by molar-refractivity contribution is 5.82. The van der Waals surface area contributed by atoms with E-state index in [1.807, 2.05) is 48.5 Å². The molecule has 0 aromatic heterocycles. The molecule has 2 atom stereocenters. The highest BCUT2D eigenvalue weighted by atomic mass is 16.5. The molecule has 4 rings (SSSR count). The maximum absolute atomic E-state index is 13.3. The zero-order valence-electron chi connectivity index (χ0n) is 18.8. The largest absolute Gasteiger partial charge is 0.497 e. The van der Waals surface area contributed by atoms with E-state index in [-0.39, 0.29) is 18.1 Å². The van der Waals surface area contributed by atoms with Gasteiger partial charge in [-0.1, -0.05) is 18.2 Å². The highest BCUT2D eigenvalue weighted by Crippen LogP contribution is 2.29. The van der Waals surface area contributed by atoms with E-state index in [2.05, 4.69) is 10.2 Å². The third kappa shape index (κ3) is 5.34. The summed E-state index contributed by atoms with van der Waals surface area (Å²) in [4.78, 5) is 15.6. The summed E-state index contributed by atoms with van der Waals surface area (Å²) in [6.45, 7) is 2.59. The van der Waals surface area contributed by atoms with Crippen LogP contribution in [0.4, 0.5) is 0 Å². The number of hydrogen-bond donors (Lipinski definition) is 1. The van der Waals surface area contributed by atoms with E-state index in [1.54, 1.807) is 14.2 Å². The van der Waals surface area contributed by atoms with E-state index in [1.165, 1.54) is 0 Å². The lowest BCUT2D eigenvalue weighted by Gasteiger charge is -2.34. The lowest BCUT2D eigenvalue weighted by Crippen LogP contribution is -2.49. The van der Waals surface area contributed by atoms with E-state index in [9.17, 15) is 4.79 Å². The first kappa shape index (κ1) is 22.4. The minimum absolute atomic E-state index is 0.0144. The normalized spacial score (nSPS) is 21.8. The fourth-order valence-electron chi connectivity index (χ4n) is 4.60. The summed E-state index contributed by atoms with van der Waals surface area (Å²) < 4.78 is 22.5. The van der Waals surface area contributed by atoms with Gasteiger partial charge in [-0.05, 0) is 43.2 Å². The van der Waals surface area contributed by atoms with Crippen molar-refractivity contribution in [1.29, 1.82) is 0 Å². The van der Waals surface area contributed by atoms with Crippen molar-refractivity contribution < 1.29 is 23.7 Å². The van der Waals surface area contributed by atoms with E-state index in [0.717, 1.165) is 55.4 Å². The molecule has 0 radical (unpaired) electrons. The van der Waals surface area contributed by atoms with Crippen LogP contribution in [-0.2, 0) is 16.1 Å². The summed E-state index contributed by atoms with van der Waals surface area (Å²) in [5.41, 5.74) is 0.882. The second-order valence-corrected chi connectivity index (χ2v) is 8.24. The molecule has 0 unspecified atom stereocenters. The van der Waals surface area contributed by atoms with Crippen LogP contribution in [0.15, 0.2) is 48.5 Å². The van der Waals surface area contributed by atoms with Crippen LogP contribution in [-0.4, -0.2) is 63.0 Å². The van der Waals surface area contributed by atoms with Crippen LogP contribution >= 0.6 is 0 Å². The van der Waals surface area contributed by atoms with Crippen molar-refractivity contribution in [3.8, 4) is 17.2 Å². The lowest BCUT2D eigenvalue weighted by molar-refractivity contribution is -0.127. The number of ether oxygens (including phenoxy) is 4. The minimum Gasteiger partial charge on any atom is -0.497 e. The zero-order valence-corrected chi connectivity index (χ0v) is 18.8. The van der Waals surface area contributed by atoms with Crippen LogP contribution < -0.4 is 19.5 Å². The number of nitrogens with zero attached hydrogens (tertiary/aromatic N) is 1. The molecule has 7 nitrogen and oxygen atoms in total. The molecule has 1 amide bonds. The molecule has 2 fully saturated rings. The van der Waals surface area contributed by atoms with Crippen LogP contribution in [0.3, 0.4) is 0 Å². The Hall–Kier alpha value is -2.77. The molecule has 172 valence electrons. The van der Waals surface area contributed by atoms with E-state index < -0.39 is 0 Å². The Morgan fingerprint density at radius 1 is 1.06 bits per heavy atom. The Morgan fingerprint density at radius 3 is 2.56 bits per heavy atom. The maximum atomic E-state index is 13.3. The van der Waals surface area contributed by atoms with Gasteiger partial charge in [0.1, 0.15) is 23.4 Å². The lowest BCUT2D eigenvalue weighted by atomic mass is 10.1. The molecule has 0 bridgehead atoms. The van der Waals surface area contributed by atoms with Crippen molar-refractivity contribution in [2.75, 3.05) is 34.0 Å². The van der Waals surface area contributed by atoms with Gasteiger partial charge in [0.05, 0.1) is 20.3 Å². The van der Waals surface area contributed by atoms with Crippen molar-refractivity contribution in [3.63, 3.8) is 0 Å². The molecular formula is C25H32N2O5. The zero-order chi connectivity index (χ0) is 22.3. The van der Waals surface area contributed by atoms with Crippen LogP contribution in [0.25, 0.3) is 0 Å². The Morgan fingerprint density at radius 2 is 1.84 bits per heavy atom. The van der Waals surface area contributed by atoms with Gasteiger partial charge in [-0.2, -0.15) is 0 Å². The van der Waals surface area contributed by atoms with Gasteiger partial charge < -0.3 is 24.3 Å². The fourth-order valence-corrected chi connectivity index (χ4v) is 4.60. The molecular weight excluding hydrogens is 408 g/mol. The average molecular weight is 441 g/mol. The molecule has 2 saturated heterocycles. The van der Waals surface area contributed by atoms with Crippen molar-refractivity contribution in [2.24, 2.45) is 0 Å². The second-order valence-electron chi connectivity index (χ2n) is 8.24. The second kappa shape index (κ2) is 10.7. The van der Waals surface area contributed by atoms with Gasteiger partial charge in [-0.3, -0.25) is 9.69 Å². The minimum atomic E-state index is -0.233. The van der Waals surface area contributed by atoms with Gasteiger partial charge in [-0.25, -0.2) is 0 Å². The summed E-state index contributed by atoms with van der Waals surface area (Å²) >= 11 is 0. The number of benzene rings is 2. The summed E-state index contributed by atoms with van der Waals surface area (Å²) in [6, 6.07) is 15.5. The number of methoxy groups -OCH3 is 2. The number of carbonyl (C=O) groups excluding carboxylic acids is 1. The van der Waals surface area contributed by atoms with E-state index in [4.69, 9.17) is 18.9 Å². The van der Waals surface area contributed by atoms with Crippen molar-refractivity contribution >= 4 is 5.91 Å². The summed E-state index contributed by atoms with van der Waals surface area (Å²) in [7, 11) is 3.25. The monoisotopic (exact) mass is 440 g/mol. The van der Waals surface area contributed by atoms with Gasteiger partial charge in [0.2, 0.25) is 5.91 Å². The Bertz CT molecular complexity index is 885. The first-order valence-corrected chi connectivity index (χ1v) is 11.2. The Balaban J connectivity index is 1.45. The van der Waals surface area contributed by atoms with Gasteiger partial charge >= 0.3 is 0 Å². The molecule has 32 heavy (non-hydrogen) atoms. The summed E-state index contributed by atoms with van der Waals surface area (Å²) in [5, 5.41) is 3.12. The maximum Gasteiger partial charge on any atom is 0.237 e. The Kier molecular flexibility index (Phi) is 7.50. The summed E-state index contributed by atoms with van der Waals surface area (Å²) in [5.74, 6) is 2.31. The van der Waals surface area contributed by atoms with Gasteiger partial charge in [0.25, 0.3) is 0 Å². The van der Waals surface area contributed by atoms with Gasteiger partial charge in [-0.15, -0.1) is 0 Å². The van der Waals surface area contributed by atoms with Crippen molar-refractivity contribution in [1.82, 2.24) is 10.2 Å². The number of amides is 1. The molecule has 7 heteroatoms. The highest BCUT2D eigenvalue weighted by Gasteiger charge is 2.41. The SMILES string of the molecule is COc1ccc(OC)c(CNC(=O)[C@@H]2C[C@H](Oc3ccccc3)CN2C2CCOCC2)c1. The third-order valence-electron chi connectivity index (χ3n) is 6.25. The van der Waals surface area contributed by atoms with Crippen LogP contribution in [0.1, 0.15) is 24.8 Å². The predicted molar refractivity (Wildman–Crippen MR) is 121 cm³/mol. The molecule has 0 saturated carbocycles. The number of hydrogen-bond acceptors (Lipinski definition) is 6. The summed E-state index contributed by atoms with van der Waals surface area (Å²) in [6.07, 6.45) is 2.51. The van der Waals surface area contributed by atoms with Gasteiger partial charge in [0.15, 0.2) is 0 Å². The van der Waals surface area contributed by atoms with Crippen LogP contribution in [0.5, 0.6) is 17.2 Å². The third-order valence-corrected chi connectivity index (χ3v) is 6.25. The number of para-hydroxylation sites is 1. The molecule has 0 aliphatic carbocycles. The molecule has 2 heterocycles. The average Bonchev–Trinajstić information content (AvgIpc) is 3.27. The smallest absolute Gasteiger partial charge is 0.237 e. The fraction of sp³-hybridized carbons (Fsp3) is 0.480. The number of nitrogens with one attached hydrogen (secondary N) is 1. The van der Waals surface area contributed by atoms with Gasteiger partial charge in [0, 0.05) is 44.3 Å². The molecule has 2 aromatic rings. The first-order valence-electron chi connectivity index (χ1n) is 11.2. The predicted octanol–water partition coefficient (Wildman–Crippen LogP) is 3.02. The Labute approximate surface area is 189 Å². The van der Waals surface area contributed by atoms with E-state index >= 15 is 0 Å². The molecule has 2 aliphatic heterocycles. The van der Waals surface area contributed by atoms with Crippen LogP contribution in [0.2, 0.25) is 0 Å². The topological polar surface area (TPSA) is 69.3 Å². The molecule has 2 aromatic carbocycles. The van der Waals surface area contributed by atoms with Crippen molar-refractivity contribution in [2.45, 2.75) is 44.0 Å². The molecule has 1 N–H and O–H groups in total. The number of carbonyl (C=O) groups is 1. The van der Waals surface area contributed by atoms with Crippen LogP contribution in [0, 0.1) is 0 Å². The number of likely N-dealkylation sites (tertiary alicyclic amines) is 1. The number of rotatable bonds is 8. The standard InChI is InChI=1S/C25H32N2O5/c1-29-21-8-9-24(30-2)18(14-21)16-26-25(28)23-15-22(32-20-6-4-3-5-7-20)17-27(23)19-10-12-31-13-11-19/h3-9,14,19,22-23H,10-13,15-17H2,1-2H3,(H,26,28)/t22-,23-/m0/s1. The van der Waals surface area contributed by atoms with Crippen molar-refractivity contribution in [3.05, 3.63) is 54.1 Å². The van der Waals surface area contributed by atoms with E-state index in [0.29, 0.717) is 19.0 Å². The quantitative estimate of drug-likeness (QED) is 0.681. The first-order chi connectivity index (χ1) is 15.7. The molecule has 0 spiro atoms. The molecule has 2 aliphatic rings.